The molecule has 0 heterocycles. The van der Waals surface area contributed by atoms with Crippen molar-refractivity contribution in [2.45, 2.75) is 44.6 Å². The van der Waals surface area contributed by atoms with Crippen LogP contribution >= 0.6 is 35.0 Å². The Morgan fingerprint density at radius 2 is 1.56 bits per heavy atom. The Morgan fingerprint density at radius 1 is 0.917 bits per heavy atom. The summed E-state index contributed by atoms with van der Waals surface area (Å²) in [5.41, 5.74) is 2.44. The van der Waals surface area contributed by atoms with E-state index in [0.717, 1.165) is 16.7 Å². The third kappa shape index (κ3) is 8.26. The van der Waals surface area contributed by atoms with Gasteiger partial charge < -0.3 is 10.2 Å². The second-order valence-electron chi connectivity index (χ2n) is 8.71. The second-order valence-corrected chi connectivity index (χ2v) is 10.5. The highest BCUT2D eigenvalue weighted by Crippen LogP contribution is 2.28. The number of benzene rings is 3. The molecule has 0 aromatic heterocycles. The molecule has 0 fully saturated rings. The van der Waals surface area contributed by atoms with E-state index in [0.29, 0.717) is 22.2 Å². The van der Waals surface area contributed by atoms with Crippen molar-refractivity contribution in [1.29, 1.82) is 0 Å². The fourth-order valence-corrected chi connectivity index (χ4v) is 5.36. The van der Waals surface area contributed by atoms with Crippen LogP contribution in [0.25, 0.3) is 0 Å². The van der Waals surface area contributed by atoms with Gasteiger partial charge in [-0.2, -0.15) is 0 Å². The van der Waals surface area contributed by atoms with Gasteiger partial charge in [-0.1, -0.05) is 71.7 Å². The molecule has 0 aliphatic carbocycles. The van der Waals surface area contributed by atoms with E-state index in [1.54, 1.807) is 35.2 Å². The summed E-state index contributed by atoms with van der Waals surface area (Å²) in [5.74, 6) is -0.211. The molecule has 3 rings (SSSR count). The van der Waals surface area contributed by atoms with Crippen LogP contribution in [0.3, 0.4) is 0 Å². The van der Waals surface area contributed by atoms with Gasteiger partial charge in [0, 0.05) is 34.8 Å². The third-order valence-electron chi connectivity index (χ3n) is 5.50. The molecule has 0 bridgehead atoms. The number of hydrogen-bond donors (Lipinski definition) is 1. The number of rotatable bonds is 11. The summed E-state index contributed by atoms with van der Waals surface area (Å²) in [6.07, 6.45) is 0.355. The van der Waals surface area contributed by atoms with E-state index in [9.17, 15) is 14.0 Å². The topological polar surface area (TPSA) is 49.4 Å². The van der Waals surface area contributed by atoms with Crippen molar-refractivity contribution < 1.29 is 14.0 Å². The van der Waals surface area contributed by atoms with Crippen LogP contribution < -0.4 is 5.32 Å². The van der Waals surface area contributed by atoms with Crippen molar-refractivity contribution in [3.05, 3.63) is 105 Å². The van der Waals surface area contributed by atoms with E-state index in [-0.39, 0.29) is 36.0 Å². The van der Waals surface area contributed by atoms with Gasteiger partial charge in [0.05, 0.1) is 5.75 Å². The zero-order chi connectivity index (χ0) is 26.1. The van der Waals surface area contributed by atoms with Crippen LogP contribution in [0.1, 0.15) is 30.5 Å². The Kier molecular flexibility index (Phi) is 10.7. The molecular formula is C28H29Cl2FN2O2S. The summed E-state index contributed by atoms with van der Waals surface area (Å²) in [4.78, 5) is 28.5. The molecule has 0 saturated heterocycles. The predicted octanol–water partition coefficient (Wildman–Crippen LogP) is 6.53. The molecule has 0 saturated carbocycles. The Labute approximate surface area is 226 Å². The molecule has 0 spiro atoms. The first-order chi connectivity index (χ1) is 17.2. The van der Waals surface area contributed by atoms with Gasteiger partial charge in [0.2, 0.25) is 11.8 Å². The first-order valence-corrected chi connectivity index (χ1v) is 13.5. The monoisotopic (exact) mass is 546 g/mol. The number of carbonyl (C=O) groups excluding carboxylic acids is 2. The molecular weight excluding hydrogens is 518 g/mol. The van der Waals surface area contributed by atoms with Crippen molar-refractivity contribution >= 4 is 46.8 Å². The van der Waals surface area contributed by atoms with E-state index in [1.165, 1.54) is 23.9 Å². The number of carbonyl (C=O) groups is 2. The molecule has 8 heteroatoms. The maximum absolute atomic E-state index is 13.6. The first kappa shape index (κ1) is 28.0. The lowest BCUT2D eigenvalue weighted by Crippen LogP contribution is -2.52. The fourth-order valence-electron chi connectivity index (χ4n) is 3.71. The molecule has 4 nitrogen and oxygen atoms in total. The Morgan fingerprint density at radius 3 is 2.17 bits per heavy atom. The quantitative estimate of drug-likeness (QED) is 0.297. The van der Waals surface area contributed by atoms with Crippen LogP contribution in [-0.4, -0.2) is 34.6 Å². The van der Waals surface area contributed by atoms with Crippen LogP contribution in [-0.2, 0) is 28.3 Å². The Bertz CT molecular complexity index is 1140. The SMILES string of the molecule is CC(C)NC(=O)[C@H](Cc1ccccc1)N(Cc1ccc(F)cc1)C(=O)CSCc1c(Cl)cccc1Cl. The number of nitrogens with one attached hydrogen (secondary N) is 1. The van der Waals surface area contributed by atoms with E-state index in [4.69, 9.17) is 23.2 Å². The lowest BCUT2D eigenvalue weighted by Gasteiger charge is -2.32. The number of hydrogen-bond acceptors (Lipinski definition) is 3. The van der Waals surface area contributed by atoms with Crippen molar-refractivity contribution in [2.75, 3.05) is 5.75 Å². The highest BCUT2D eigenvalue weighted by atomic mass is 35.5. The largest absolute Gasteiger partial charge is 0.352 e. The Balaban J connectivity index is 1.86. The average molecular weight is 548 g/mol. The molecule has 1 atom stereocenters. The van der Waals surface area contributed by atoms with E-state index in [1.807, 2.05) is 44.2 Å². The van der Waals surface area contributed by atoms with Gasteiger partial charge in [0.1, 0.15) is 11.9 Å². The predicted molar refractivity (Wildman–Crippen MR) is 147 cm³/mol. The van der Waals surface area contributed by atoms with Crippen molar-refractivity contribution in [1.82, 2.24) is 10.2 Å². The molecule has 3 aromatic carbocycles. The molecule has 1 N–H and O–H groups in total. The van der Waals surface area contributed by atoms with Crippen LogP contribution in [0.4, 0.5) is 4.39 Å². The van der Waals surface area contributed by atoms with Crippen molar-refractivity contribution in [3.63, 3.8) is 0 Å². The molecule has 0 radical (unpaired) electrons. The van der Waals surface area contributed by atoms with E-state index < -0.39 is 6.04 Å². The smallest absolute Gasteiger partial charge is 0.243 e. The summed E-state index contributed by atoms with van der Waals surface area (Å²) < 4.78 is 13.5. The number of nitrogens with zero attached hydrogens (tertiary/aromatic N) is 1. The van der Waals surface area contributed by atoms with Gasteiger partial charge in [-0.3, -0.25) is 9.59 Å². The van der Waals surface area contributed by atoms with Gasteiger partial charge in [-0.05, 0) is 54.8 Å². The second kappa shape index (κ2) is 13.7. The Hall–Kier alpha value is -2.54. The minimum absolute atomic E-state index is 0.0877. The standard InChI is InChI=1S/C28H29Cl2FN2O2S/c1-19(2)32-28(35)26(15-20-7-4-3-5-8-20)33(16-21-11-13-22(31)14-12-21)27(34)18-36-17-23-24(29)9-6-10-25(23)30/h3-14,19,26H,15-18H2,1-2H3,(H,32,35)/t26-/m0/s1. The molecule has 0 aliphatic heterocycles. The highest BCUT2D eigenvalue weighted by Gasteiger charge is 2.30. The average Bonchev–Trinajstić information content (AvgIpc) is 2.84. The van der Waals surface area contributed by atoms with Crippen molar-refractivity contribution in [3.8, 4) is 0 Å². The van der Waals surface area contributed by atoms with Crippen LogP contribution in [0.15, 0.2) is 72.8 Å². The maximum atomic E-state index is 13.6. The fraction of sp³-hybridized carbons (Fsp3) is 0.286. The van der Waals surface area contributed by atoms with Gasteiger partial charge in [0.25, 0.3) is 0 Å². The maximum Gasteiger partial charge on any atom is 0.243 e. The first-order valence-electron chi connectivity index (χ1n) is 11.6. The van der Waals surface area contributed by atoms with Crippen molar-refractivity contribution in [2.24, 2.45) is 0 Å². The summed E-state index contributed by atoms with van der Waals surface area (Å²) in [5, 5.41) is 4.05. The summed E-state index contributed by atoms with van der Waals surface area (Å²) in [7, 11) is 0. The summed E-state index contributed by atoms with van der Waals surface area (Å²) in [6, 6.07) is 20.0. The molecule has 36 heavy (non-hydrogen) atoms. The van der Waals surface area contributed by atoms with Crippen LogP contribution in [0.2, 0.25) is 10.0 Å². The minimum atomic E-state index is -0.739. The summed E-state index contributed by atoms with van der Waals surface area (Å²) in [6.45, 7) is 3.94. The zero-order valence-electron chi connectivity index (χ0n) is 20.2. The lowest BCUT2D eigenvalue weighted by atomic mass is 10.0. The van der Waals surface area contributed by atoms with Gasteiger partial charge in [0.15, 0.2) is 0 Å². The number of amides is 2. The van der Waals surface area contributed by atoms with Gasteiger partial charge in [-0.25, -0.2) is 4.39 Å². The number of halogens is 3. The molecule has 3 aromatic rings. The zero-order valence-corrected chi connectivity index (χ0v) is 22.5. The molecule has 190 valence electrons. The van der Waals surface area contributed by atoms with E-state index in [2.05, 4.69) is 5.32 Å². The molecule has 0 unspecified atom stereocenters. The summed E-state index contributed by atoms with van der Waals surface area (Å²) >= 11 is 13.9. The van der Waals surface area contributed by atoms with E-state index >= 15 is 0 Å². The van der Waals surface area contributed by atoms with Crippen LogP contribution in [0.5, 0.6) is 0 Å². The third-order valence-corrected chi connectivity index (χ3v) is 7.15. The van der Waals surface area contributed by atoms with Gasteiger partial charge >= 0.3 is 0 Å². The highest BCUT2D eigenvalue weighted by molar-refractivity contribution is 7.99. The molecule has 0 aliphatic rings. The molecule has 2 amide bonds. The number of thioether (sulfide) groups is 1. The van der Waals surface area contributed by atoms with Gasteiger partial charge in [-0.15, -0.1) is 11.8 Å². The lowest BCUT2D eigenvalue weighted by molar-refractivity contribution is -0.139. The van der Waals surface area contributed by atoms with Crippen LogP contribution in [0, 0.1) is 5.82 Å². The minimum Gasteiger partial charge on any atom is -0.352 e. The normalized spacial score (nSPS) is 11.8.